The van der Waals surface area contributed by atoms with E-state index in [1.165, 1.54) is 12.0 Å². The molecule has 0 aromatic heterocycles. The van der Waals surface area contributed by atoms with Gasteiger partial charge in [0.05, 0.1) is 23.7 Å². The van der Waals surface area contributed by atoms with E-state index >= 15 is 0 Å². The van der Waals surface area contributed by atoms with Crippen molar-refractivity contribution in [3.05, 3.63) is 99.6 Å². The topological polar surface area (TPSA) is 66.8 Å². The third-order valence-electron chi connectivity index (χ3n) is 5.75. The first-order valence-corrected chi connectivity index (χ1v) is 10.5. The Morgan fingerprint density at radius 3 is 2.34 bits per heavy atom. The molecule has 1 aliphatic rings. The SMILES string of the molecule is COc1cc(/C(O)=C2\C(=O)C(=O)N(c3ccc(C)c(C)c3)C2c2ccccc2)ccc1Cl. The van der Waals surface area contributed by atoms with Gasteiger partial charge in [-0.1, -0.05) is 48.0 Å². The quantitative estimate of drug-likeness (QED) is 0.321. The minimum atomic E-state index is -0.778. The molecule has 1 amide bonds. The summed E-state index contributed by atoms with van der Waals surface area (Å²) in [6.07, 6.45) is 0. The van der Waals surface area contributed by atoms with Crippen LogP contribution in [0.3, 0.4) is 0 Å². The number of rotatable bonds is 4. The number of halogens is 1. The molecule has 0 aliphatic carbocycles. The molecule has 0 saturated carbocycles. The molecular formula is C26H22ClNO4. The van der Waals surface area contributed by atoms with Crippen LogP contribution in [0.1, 0.15) is 28.3 Å². The molecule has 6 heteroatoms. The van der Waals surface area contributed by atoms with Crippen molar-refractivity contribution in [2.45, 2.75) is 19.9 Å². The summed E-state index contributed by atoms with van der Waals surface area (Å²) in [5, 5.41) is 11.6. The van der Waals surface area contributed by atoms with Crippen LogP contribution in [0.2, 0.25) is 5.02 Å². The van der Waals surface area contributed by atoms with Gasteiger partial charge >= 0.3 is 0 Å². The summed E-state index contributed by atoms with van der Waals surface area (Å²) in [4.78, 5) is 27.8. The molecule has 1 heterocycles. The number of carbonyl (C=O) groups excluding carboxylic acids is 2. The van der Waals surface area contributed by atoms with Gasteiger partial charge in [-0.2, -0.15) is 0 Å². The first-order chi connectivity index (χ1) is 15.3. The first kappa shape index (κ1) is 21.7. The van der Waals surface area contributed by atoms with Gasteiger partial charge in [0.15, 0.2) is 0 Å². The summed E-state index contributed by atoms with van der Waals surface area (Å²) in [7, 11) is 1.47. The highest BCUT2D eigenvalue weighted by atomic mass is 35.5. The van der Waals surface area contributed by atoms with Crippen molar-refractivity contribution in [2.75, 3.05) is 12.0 Å². The lowest BCUT2D eigenvalue weighted by atomic mass is 9.95. The number of Topliss-reactive ketones (excluding diaryl/α,β-unsaturated/α-hetero) is 1. The molecule has 3 aromatic rings. The minimum absolute atomic E-state index is 0.0174. The van der Waals surface area contributed by atoms with Gasteiger partial charge < -0.3 is 9.84 Å². The van der Waals surface area contributed by atoms with E-state index < -0.39 is 17.7 Å². The summed E-state index contributed by atoms with van der Waals surface area (Å²) >= 11 is 6.12. The number of benzene rings is 3. The molecule has 0 spiro atoms. The number of aryl methyl sites for hydroxylation is 2. The molecule has 162 valence electrons. The molecule has 3 aromatic carbocycles. The van der Waals surface area contributed by atoms with Crippen molar-refractivity contribution in [3.63, 3.8) is 0 Å². The van der Waals surface area contributed by atoms with Crippen LogP contribution in [0.15, 0.2) is 72.3 Å². The molecule has 5 nitrogen and oxygen atoms in total. The van der Waals surface area contributed by atoms with Crippen molar-refractivity contribution in [1.29, 1.82) is 0 Å². The average molecular weight is 448 g/mol. The molecule has 1 aliphatic heterocycles. The molecular weight excluding hydrogens is 426 g/mol. The maximum absolute atomic E-state index is 13.2. The third kappa shape index (κ3) is 3.65. The summed E-state index contributed by atoms with van der Waals surface area (Å²) in [5.41, 5.74) is 3.74. The van der Waals surface area contributed by atoms with Crippen LogP contribution in [0.25, 0.3) is 5.76 Å². The van der Waals surface area contributed by atoms with Gasteiger partial charge in [0, 0.05) is 11.3 Å². The standard InChI is InChI=1S/C26H22ClNO4/c1-15-9-11-19(13-16(15)2)28-23(17-7-5-4-6-8-17)22(25(30)26(28)31)24(29)18-10-12-20(27)21(14-18)32-3/h4-14,23,29H,1-3H3/b24-22+. The lowest BCUT2D eigenvalue weighted by Gasteiger charge is -2.26. The van der Waals surface area contributed by atoms with Crippen molar-refractivity contribution in [3.8, 4) is 5.75 Å². The average Bonchev–Trinajstić information content (AvgIpc) is 3.06. The second-order valence-electron chi connectivity index (χ2n) is 7.70. The monoisotopic (exact) mass is 447 g/mol. The molecule has 1 unspecified atom stereocenters. The van der Waals surface area contributed by atoms with Crippen molar-refractivity contribution in [1.82, 2.24) is 0 Å². The smallest absolute Gasteiger partial charge is 0.300 e. The van der Waals surface area contributed by atoms with Gasteiger partial charge in [-0.3, -0.25) is 14.5 Å². The number of aliphatic hydroxyl groups excluding tert-OH is 1. The fourth-order valence-corrected chi connectivity index (χ4v) is 4.08. The largest absolute Gasteiger partial charge is 0.507 e. The van der Waals surface area contributed by atoms with Gasteiger partial charge in [0.25, 0.3) is 11.7 Å². The number of ketones is 1. The third-order valence-corrected chi connectivity index (χ3v) is 6.07. The molecule has 32 heavy (non-hydrogen) atoms. The Morgan fingerprint density at radius 1 is 0.969 bits per heavy atom. The van der Waals surface area contributed by atoms with Crippen LogP contribution in [-0.4, -0.2) is 23.9 Å². The maximum atomic E-state index is 13.2. The van der Waals surface area contributed by atoms with Gasteiger partial charge in [0.2, 0.25) is 0 Å². The Labute approximate surface area is 191 Å². The Bertz CT molecular complexity index is 1250. The fraction of sp³-hybridized carbons (Fsp3) is 0.154. The lowest BCUT2D eigenvalue weighted by Crippen LogP contribution is -2.29. The van der Waals surface area contributed by atoms with E-state index in [1.54, 1.807) is 18.2 Å². The first-order valence-electron chi connectivity index (χ1n) is 10.1. The van der Waals surface area contributed by atoms with Gasteiger partial charge in [-0.15, -0.1) is 0 Å². The minimum Gasteiger partial charge on any atom is -0.507 e. The second kappa shape index (κ2) is 8.52. The maximum Gasteiger partial charge on any atom is 0.300 e. The van der Waals surface area contributed by atoms with Crippen molar-refractivity contribution < 1.29 is 19.4 Å². The zero-order valence-electron chi connectivity index (χ0n) is 17.9. The van der Waals surface area contributed by atoms with E-state index in [4.69, 9.17) is 16.3 Å². The normalized spacial score (nSPS) is 17.6. The molecule has 4 rings (SSSR count). The van der Waals surface area contributed by atoms with Gasteiger partial charge in [0.1, 0.15) is 11.5 Å². The van der Waals surface area contributed by atoms with E-state index in [0.717, 1.165) is 11.1 Å². The van der Waals surface area contributed by atoms with Gasteiger partial charge in [-0.05, 0) is 60.9 Å². The number of carbonyl (C=O) groups is 2. The highest BCUT2D eigenvalue weighted by Gasteiger charge is 2.47. The Hall–Kier alpha value is -3.57. The second-order valence-corrected chi connectivity index (χ2v) is 8.10. The molecule has 1 N–H and O–H groups in total. The molecule has 1 fully saturated rings. The summed E-state index contributed by atoms with van der Waals surface area (Å²) in [6.45, 7) is 3.93. The lowest BCUT2D eigenvalue weighted by molar-refractivity contribution is -0.132. The number of methoxy groups -OCH3 is 1. The zero-order chi connectivity index (χ0) is 23.0. The van der Waals surface area contributed by atoms with Crippen molar-refractivity contribution >= 4 is 34.7 Å². The van der Waals surface area contributed by atoms with Crippen LogP contribution in [0.4, 0.5) is 5.69 Å². The molecule has 1 atom stereocenters. The Balaban J connectivity index is 1.95. The van der Waals surface area contributed by atoms with Crippen LogP contribution in [0, 0.1) is 13.8 Å². The Morgan fingerprint density at radius 2 is 1.69 bits per heavy atom. The van der Waals surface area contributed by atoms with E-state index in [1.807, 2.05) is 62.4 Å². The fourth-order valence-electron chi connectivity index (χ4n) is 3.89. The van der Waals surface area contributed by atoms with Crippen LogP contribution in [0.5, 0.6) is 5.75 Å². The summed E-state index contributed by atoms with van der Waals surface area (Å²) in [5.74, 6) is -1.36. The predicted octanol–water partition coefficient (Wildman–Crippen LogP) is 5.59. The van der Waals surface area contributed by atoms with E-state index in [0.29, 0.717) is 27.6 Å². The number of anilines is 1. The van der Waals surface area contributed by atoms with Crippen molar-refractivity contribution in [2.24, 2.45) is 0 Å². The van der Waals surface area contributed by atoms with Gasteiger partial charge in [-0.25, -0.2) is 0 Å². The van der Waals surface area contributed by atoms with Crippen LogP contribution < -0.4 is 9.64 Å². The van der Waals surface area contributed by atoms with Crippen LogP contribution in [-0.2, 0) is 9.59 Å². The number of aliphatic hydroxyl groups is 1. The molecule has 1 saturated heterocycles. The van der Waals surface area contributed by atoms with E-state index in [2.05, 4.69) is 0 Å². The highest BCUT2D eigenvalue weighted by molar-refractivity contribution is 6.51. The number of ether oxygens (including phenoxy) is 1. The molecule has 0 radical (unpaired) electrons. The van der Waals surface area contributed by atoms with Crippen LogP contribution >= 0.6 is 11.6 Å². The number of amides is 1. The number of hydrogen-bond acceptors (Lipinski definition) is 4. The Kier molecular flexibility index (Phi) is 5.76. The highest BCUT2D eigenvalue weighted by Crippen LogP contribution is 2.43. The number of nitrogens with zero attached hydrogens (tertiary/aromatic N) is 1. The van der Waals surface area contributed by atoms with E-state index in [-0.39, 0.29) is 11.3 Å². The summed E-state index contributed by atoms with van der Waals surface area (Å²) in [6, 6.07) is 18.7. The zero-order valence-corrected chi connectivity index (χ0v) is 18.7. The summed E-state index contributed by atoms with van der Waals surface area (Å²) < 4.78 is 5.24. The van der Waals surface area contributed by atoms with E-state index in [9.17, 15) is 14.7 Å². The molecule has 0 bridgehead atoms. The number of hydrogen-bond donors (Lipinski definition) is 1. The predicted molar refractivity (Wildman–Crippen MR) is 125 cm³/mol.